The van der Waals surface area contributed by atoms with E-state index < -0.39 is 0 Å². The maximum Gasteiger partial charge on any atom is 0.161 e. The Morgan fingerprint density at radius 1 is 1.24 bits per heavy atom. The highest BCUT2D eigenvalue weighted by atomic mass is 16.5. The molecule has 118 valence electrons. The monoisotopic (exact) mass is 291 g/mol. The summed E-state index contributed by atoms with van der Waals surface area (Å²) in [5, 5.41) is 3.75. The van der Waals surface area contributed by atoms with Gasteiger partial charge in [0.1, 0.15) is 0 Å². The molecule has 0 aromatic heterocycles. The van der Waals surface area contributed by atoms with Crippen LogP contribution in [0.25, 0.3) is 0 Å². The number of hydrogen-bond acceptors (Lipinski definition) is 3. The van der Waals surface area contributed by atoms with E-state index in [2.05, 4.69) is 31.3 Å². The molecule has 1 fully saturated rings. The van der Waals surface area contributed by atoms with Crippen LogP contribution in [-0.4, -0.2) is 19.3 Å². The van der Waals surface area contributed by atoms with Gasteiger partial charge in [-0.15, -0.1) is 0 Å². The molecule has 3 nitrogen and oxygen atoms in total. The molecule has 1 aliphatic rings. The second-order valence-corrected chi connectivity index (χ2v) is 6.51. The summed E-state index contributed by atoms with van der Waals surface area (Å²) >= 11 is 0. The SMILES string of the molecule is CCOc1cc(CNC2(C)CCC(C)CC2)ccc1OC. The van der Waals surface area contributed by atoms with Gasteiger partial charge in [0.25, 0.3) is 0 Å². The fourth-order valence-electron chi connectivity index (χ4n) is 2.99. The maximum atomic E-state index is 5.65. The Morgan fingerprint density at radius 2 is 1.95 bits per heavy atom. The van der Waals surface area contributed by atoms with Gasteiger partial charge in [0, 0.05) is 12.1 Å². The normalized spacial score (nSPS) is 25.6. The first-order valence-corrected chi connectivity index (χ1v) is 8.11. The Labute approximate surface area is 129 Å². The molecular formula is C18H29NO2. The minimum absolute atomic E-state index is 0.276. The van der Waals surface area contributed by atoms with E-state index in [9.17, 15) is 0 Å². The molecule has 3 heteroatoms. The van der Waals surface area contributed by atoms with Crippen LogP contribution in [0, 0.1) is 5.92 Å². The number of rotatable bonds is 6. The fourth-order valence-corrected chi connectivity index (χ4v) is 2.99. The summed E-state index contributed by atoms with van der Waals surface area (Å²) in [5.41, 5.74) is 1.53. The third-order valence-corrected chi connectivity index (χ3v) is 4.62. The predicted octanol–water partition coefficient (Wildman–Crippen LogP) is 4.15. The summed E-state index contributed by atoms with van der Waals surface area (Å²) in [5.74, 6) is 2.52. The van der Waals surface area contributed by atoms with E-state index in [-0.39, 0.29) is 5.54 Å². The number of ether oxygens (including phenoxy) is 2. The molecule has 0 saturated heterocycles. The van der Waals surface area contributed by atoms with E-state index in [1.807, 2.05) is 13.0 Å². The van der Waals surface area contributed by atoms with Crippen molar-refractivity contribution in [2.75, 3.05) is 13.7 Å². The Morgan fingerprint density at radius 3 is 2.57 bits per heavy atom. The van der Waals surface area contributed by atoms with Crippen molar-refractivity contribution in [1.82, 2.24) is 5.32 Å². The van der Waals surface area contributed by atoms with Gasteiger partial charge < -0.3 is 14.8 Å². The van der Waals surface area contributed by atoms with E-state index in [0.717, 1.165) is 24.0 Å². The van der Waals surface area contributed by atoms with Gasteiger partial charge in [0.2, 0.25) is 0 Å². The minimum atomic E-state index is 0.276. The summed E-state index contributed by atoms with van der Waals surface area (Å²) < 4.78 is 11.0. The zero-order chi connectivity index (χ0) is 15.3. The van der Waals surface area contributed by atoms with Crippen LogP contribution in [-0.2, 0) is 6.54 Å². The van der Waals surface area contributed by atoms with Crippen LogP contribution in [0.2, 0.25) is 0 Å². The van der Waals surface area contributed by atoms with Crippen molar-refractivity contribution in [3.63, 3.8) is 0 Å². The number of hydrogen-bond donors (Lipinski definition) is 1. The largest absolute Gasteiger partial charge is 0.493 e. The lowest BCUT2D eigenvalue weighted by Crippen LogP contribution is -2.44. The first-order valence-electron chi connectivity index (χ1n) is 8.11. The molecule has 1 aromatic rings. The van der Waals surface area contributed by atoms with Gasteiger partial charge in [0.05, 0.1) is 13.7 Å². The van der Waals surface area contributed by atoms with Gasteiger partial charge in [-0.1, -0.05) is 13.0 Å². The van der Waals surface area contributed by atoms with E-state index >= 15 is 0 Å². The minimum Gasteiger partial charge on any atom is -0.493 e. The summed E-state index contributed by atoms with van der Waals surface area (Å²) in [6.45, 7) is 8.25. The summed E-state index contributed by atoms with van der Waals surface area (Å²) in [4.78, 5) is 0. The van der Waals surface area contributed by atoms with Crippen LogP contribution in [0.1, 0.15) is 52.0 Å². The van der Waals surface area contributed by atoms with Gasteiger partial charge in [-0.3, -0.25) is 0 Å². The quantitative estimate of drug-likeness (QED) is 0.854. The van der Waals surface area contributed by atoms with Crippen molar-refractivity contribution in [2.24, 2.45) is 5.92 Å². The van der Waals surface area contributed by atoms with Gasteiger partial charge in [-0.2, -0.15) is 0 Å². The lowest BCUT2D eigenvalue weighted by Gasteiger charge is -2.37. The second-order valence-electron chi connectivity index (χ2n) is 6.51. The molecule has 0 bridgehead atoms. The Balaban J connectivity index is 1.98. The molecule has 1 saturated carbocycles. The van der Waals surface area contributed by atoms with E-state index in [1.54, 1.807) is 7.11 Å². The first kappa shape index (κ1) is 16.2. The highest BCUT2D eigenvalue weighted by molar-refractivity contribution is 5.43. The van der Waals surface area contributed by atoms with Crippen molar-refractivity contribution in [3.05, 3.63) is 23.8 Å². The van der Waals surface area contributed by atoms with Crippen LogP contribution in [0.15, 0.2) is 18.2 Å². The highest BCUT2D eigenvalue weighted by Gasteiger charge is 2.28. The summed E-state index contributed by atoms with van der Waals surface area (Å²) in [6, 6.07) is 6.20. The third-order valence-electron chi connectivity index (χ3n) is 4.62. The molecule has 1 N–H and O–H groups in total. The lowest BCUT2D eigenvalue weighted by atomic mass is 9.78. The smallest absolute Gasteiger partial charge is 0.161 e. The van der Waals surface area contributed by atoms with Crippen LogP contribution < -0.4 is 14.8 Å². The average Bonchev–Trinajstić information content (AvgIpc) is 2.49. The molecule has 0 radical (unpaired) electrons. The topological polar surface area (TPSA) is 30.5 Å². The first-order chi connectivity index (χ1) is 10.1. The maximum absolute atomic E-state index is 5.65. The molecule has 0 spiro atoms. The van der Waals surface area contributed by atoms with E-state index in [0.29, 0.717) is 6.61 Å². The molecule has 21 heavy (non-hydrogen) atoms. The number of methoxy groups -OCH3 is 1. The van der Waals surface area contributed by atoms with Crippen LogP contribution in [0.5, 0.6) is 11.5 Å². The van der Waals surface area contributed by atoms with Crippen LogP contribution in [0.3, 0.4) is 0 Å². The lowest BCUT2D eigenvalue weighted by molar-refractivity contribution is 0.212. The Hall–Kier alpha value is -1.22. The molecule has 1 aromatic carbocycles. The number of nitrogens with one attached hydrogen (secondary N) is 1. The zero-order valence-corrected chi connectivity index (χ0v) is 13.9. The standard InChI is InChI=1S/C18H29NO2/c1-5-21-17-12-15(6-7-16(17)20-4)13-19-18(3)10-8-14(2)9-11-18/h6-7,12,14,19H,5,8-11,13H2,1-4H3. The third kappa shape index (κ3) is 4.37. The molecular weight excluding hydrogens is 262 g/mol. The molecule has 0 aliphatic heterocycles. The molecule has 2 rings (SSSR count). The van der Waals surface area contributed by atoms with Crippen molar-refractivity contribution in [1.29, 1.82) is 0 Å². The van der Waals surface area contributed by atoms with E-state index in [1.165, 1.54) is 31.2 Å². The van der Waals surface area contributed by atoms with Crippen LogP contribution >= 0.6 is 0 Å². The Kier molecular flexibility index (Phi) is 5.51. The predicted molar refractivity (Wildman–Crippen MR) is 87.0 cm³/mol. The molecule has 1 aliphatic carbocycles. The summed E-state index contributed by atoms with van der Waals surface area (Å²) in [7, 11) is 1.68. The number of benzene rings is 1. The van der Waals surface area contributed by atoms with Crippen molar-refractivity contribution in [3.8, 4) is 11.5 Å². The fraction of sp³-hybridized carbons (Fsp3) is 0.667. The molecule has 0 amide bonds. The van der Waals surface area contributed by atoms with Gasteiger partial charge in [-0.05, 0) is 63.1 Å². The molecule has 0 heterocycles. The van der Waals surface area contributed by atoms with Gasteiger partial charge in [0.15, 0.2) is 11.5 Å². The highest BCUT2D eigenvalue weighted by Crippen LogP contribution is 2.32. The van der Waals surface area contributed by atoms with E-state index in [4.69, 9.17) is 9.47 Å². The zero-order valence-electron chi connectivity index (χ0n) is 13.9. The second kappa shape index (κ2) is 7.17. The van der Waals surface area contributed by atoms with Crippen LogP contribution in [0.4, 0.5) is 0 Å². The van der Waals surface area contributed by atoms with Crippen molar-refractivity contribution in [2.45, 2.75) is 58.5 Å². The van der Waals surface area contributed by atoms with Crippen molar-refractivity contribution < 1.29 is 9.47 Å². The average molecular weight is 291 g/mol. The van der Waals surface area contributed by atoms with Crippen molar-refractivity contribution >= 4 is 0 Å². The molecule has 0 unspecified atom stereocenters. The molecule has 0 atom stereocenters. The van der Waals surface area contributed by atoms with Gasteiger partial charge >= 0.3 is 0 Å². The summed E-state index contributed by atoms with van der Waals surface area (Å²) in [6.07, 6.45) is 5.19. The van der Waals surface area contributed by atoms with Gasteiger partial charge in [-0.25, -0.2) is 0 Å². The Bertz CT molecular complexity index is 451.